The summed E-state index contributed by atoms with van der Waals surface area (Å²) in [6.45, 7) is 3.71. The Morgan fingerprint density at radius 2 is 1.86 bits per heavy atom. The number of carbonyl (C=O) groups excluding carboxylic acids is 1. The maximum atomic E-state index is 12.0. The molecule has 13 nitrogen and oxygen atoms in total. The van der Waals surface area contributed by atoms with Crippen molar-refractivity contribution in [3.8, 4) is 22.6 Å². The summed E-state index contributed by atoms with van der Waals surface area (Å²) >= 11 is 0. The van der Waals surface area contributed by atoms with Gasteiger partial charge in [-0.05, 0) is 56.9 Å². The molecule has 6 aromatic rings. The van der Waals surface area contributed by atoms with Gasteiger partial charge in [-0.3, -0.25) is 9.48 Å². The predicted octanol–water partition coefficient (Wildman–Crippen LogP) is 3.71. The first-order valence-corrected chi connectivity index (χ1v) is 13.7. The van der Waals surface area contributed by atoms with Crippen LogP contribution >= 0.6 is 0 Å². The van der Waals surface area contributed by atoms with Gasteiger partial charge in [0.2, 0.25) is 5.91 Å². The minimum Gasteiger partial charge on any atom is -0.457 e. The van der Waals surface area contributed by atoms with E-state index in [2.05, 4.69) is 35.9 Å². The molecule has 5 heterocycles. The summed E-state index contributed by atoms with van der Waals surface area (Å²) in [5, 5.41) is 19.3. The first kappa shape index (κ1) is 27.6. The van der Waals surface area contributed by atoms with E-state index in [0.717, 1.165) is 33.6 Å². The van der Waals surface area contributed by atoms with Crippen molar-refractivity contribution in [2.45, 2.75) is 13.5 Å². The summed E-state index contributed by atoms with van der Waals surface area (Å²) in [6.07, 6.45) is 13.9. The monoisotopic (exact) mass is 577 g/mol. The Hall–Kier alpha value is -5.56. The minimum atomic E-state index is -0.122. The topological polar surface area (TPSA) is 132 Å². The van der Waals surface area contributed by atoms with Crippen molar-refractivity contribution in [2.24, 2.45) is 0 Å². The number of fused-ring (bicyclic) bond motifs is 2. The third-order valence-electron chi connectivity index (χ3n) is 6.70. The first-order valence-electron chi connectivity index (χ1n) is 13.7. The van der Waals surface area contributed by atoms with Gasteiger partial charge in [0.25, 0.3) is 0 Å². The number of carbonyl (C=O) groups is 1. The number of likely N-dealkylation sites (N-methyl/N-ethyl adjacent to an activating group) is 1. The number of nitrogens with one attached hydrogen (secondary N) is 2. The SMILES string of the molecule is Cc1cc(Nc2ncnn3ccc(-c4cnn(CCNC(=O)/C=C/CN(C)C)c4)c23)ccc1Oc1ccn2ncnc2c1. The van der Waals surface area contributed by atoms with Gasteiger partial charge in [0.05, 0.1) is 12.7 Å². The average Bonchev–Trinajstić information content (AvgIpc) is 3.74. The summed E-state index contributed by atoms with van der Waals surface area (Å²) < 4.78 is 11.4. The number of hydrogen-bond donors (Lipinski definition) is 2. The summed E-state index contributed by atoms with van der Waals surface area (Å²) in [7, 11) is 3.91. The van der Waals surface area contributed by atoms with Gasteiger partial charge in [-0.1, -0.05) is 6.08 Å². The number of aryl methyl sites for hydroxylation is 1. The summed E-state index contributed by atoms with van der Waals surface area (Å²) in [5.74, 6) is 1.95. The molecule has 0 bridgehead atoms. The number of anilines is 2. The molecular formula is C30H31N11O2. The van der Waals surface area contributed by atoms with Gasteiger partial charge in [-0.2, -0.15) is 15.3 Å². The van der Waals surface area contributed by atoms with E-state index in [-0.39, 0.29) is 5.91 Å². The Labute approximate surface area is 247 Å². The molecule has 0 unspecified atom stereocenters. The van der Waals surface area contributed by atoms with E-state index >= 15 is 0 Å². The molecule has 1 amide bonds. The molecule has 0 aliphatic heterocycles. The molecule has 0 radical (unpaired) electrons. The number of rotatable bonds is 11. The van der Waals surface area contributed by atoms with Crippen LogP contribution in [-0.4, -0.2) is 77.0 Å². The molecule has 0 spiro atoms. The lowest BCUT2D eigenvalue weighted by Gasteiger charge is -2.12. The molecule has 0 atom stereocenters. The van der Waals surface area contributed by atoms with Gasteiger partial charge in [0.1, 0.15) is 29.7 Å². The predicted molar refractivity (Wildman–Crippen MR) is 162 cm³/mol. The minimum absolute atomic E-state index is 0.122. The van der Waals surface area contributed by atoms with Crippen LogP contribution in [0.25, 0.3) is 22.3 Å². The molecule has 0 aliphatic carbocycles. The molecule has 5 aromatic heterocycles. The molecule has 0 saturated carbocycles. The lowest BCUT2D eigenvalue weighted by atomic mass is 10.1. The number of hydrogen-bond acceptors (Lipinski definition) is 9. The largest absolute Gasteiger partial charge is 0.457 e. The van der Waals surface area contributed by atoms with Crippen LogP contribution in [0.3, 0.4) is 0 Å². The molecule has 0 fully saturated rings. The molecule has 6 rings (SSSR count). The maximum absolute atomic E-state index is 12.0. The summed E-state index contributed by atoms with van der Waals surface area (Å²) in [6, 6.07) is 11.6. The summed E-state index contributed by atoms with van der Waals surface area (Å²) in [4.78, 5) is 22.8. The average molecular weight is 578 g/mol. The Morgan fingerprint density at radius 1 is 1.02 bits per heavy atom. The zero-order valence-electron chi connectivity index (χ0n) is 24.0. The fourth-order valence-electron chi connectivity index (χ4n) is 4.59. The fourth-order valence-corrected chi connectivity index (χ4v) is 4.59. The molecule has 13 heteroatoms. The van der Waals surface area contributed by atoms with E-state index in [0.29, 0.717) is 36.8 Å². The van der Waals surface area contributed by atoms with Crippen LogP contribution in [0.15, 0.2) is 86.0 Å². The van der Waals surface area contributed by atoms with E-state index in [1.165, 1.54) is 12.7 Å². The third-order valence-corrected chi connectivity index (χ3v) is 6.70. The highest BCUT2D eigenvalue weighted by molar-refractivity contribution is 5.89. The summed E-state index contributed by atoms with van der Waals surface area (Å²) in [5.41, 5.74) is 5.20. The molecule has 43 heavy (non-hydrogen) atoms. The van der Waals surface area contributed by atoms with Crippen molar-refractivity contribution in [3.05, 3.63) is 91.6 Å². The van der Waals surface area contributed by atoms with E-state index in [4.69, 9.17) is 4.74 Å². The third kappa shape index (κ3) is 6.36. The number of ether oxygens (including phenoxy) is 1. The number of nitrogens with zero attached hydrogens (tertiary/aromatic N) is 9. The Bertz CT molecular complexity index is 1920. The molecule has 2 N–H and O–H groups in total. The highest BCUT2D eigenvalue weighted by Crippen LogP contribution is 2.32. The van der Waals surface area contributed by atoms with Crippen molar-refractivity contribution >= 4 is 28.6 Å². The van der Waals surface area contributed by atoms with Crippen LogP contribution in [-0.2, 0) is 11.3 Å². The van der Waals surface area contributed by atoms with Gasteiger partial charge in [-0.15, -0.1) is 0 Å². The van der Waals surface area contributed by atoms with Gasteiger partial charge in [0.15, 0.2) is 11.5 Å². The second-order valence-electron chi connectivity index (χ2n) is 10.2. The second kappa shape index (κ2) is 12.1. The van der Waals surface area contributed by atoms with Crippen molar-refractivity contribution in [3.63, 3.8) is 0 Å². The molecule has 0 saturated heterocycles. The van der Waals surface area contributed by atoms with Crippen LogP contribution in [0.5, 0.6) is 11.5 Å². The van der Waals surface area contributed by atoms with Crippen molar-refractivity contribution < 1.29 is 9.53 Å². The first-order chi connectivity index (χ1) is 20.9. The normalized spacial score (nSPS) is 11.6. The standard InChI is InChI=1S/C30H31N11O2/c1-21-15-23(6-7-26(21)43-24-8-12-40-27(16-24)32-19-35-40)37-30-29-25(9-13-41(29)36-20-33-30)22-17-34-39(18-22)14-10-31-28(42)5-4-11-38(2)3/h4-9,12-13,15-20H,10-11,14H2,1-3H3,(H,31,42)(H,33,36,37)/b5-4+. The number of benzene rings is 1. The Balaban J connectivity index is 1.15. The van der Waals surface area contributed by atoms with Gasteiger partial charge in [-0.25, -0.2) is 19.0 Å². The van der Waals surface area contributed by atoms with E-state index in [9.17, 15) is 4.79 Å². The van der Waals surface area contributed by atoms with Crippen LogP contribution < -0.4 is 15.4 Å². The molecule has 218 valence electrons. The fraction of sp³-hybridized carbons (Fsp3) is 0.200. The van der Waals surface area contributed by atoms with Gasteiger partial charge >= 0.3 is 0 Å². The highest BCUT2D eigenvalue weighted by atomic mass is 16.5. The lowest BCUT2D eigenvalue weighted by molar-refractivity contribution is -0.116. The highest BCUT2D eigenvalue weighted by Gasteiger charge is 2.14. The molecule has 1 aromatic carbocycles. The zero-order chi connectivity index (χ0) is 29.8. The van der Waals surface area contributed by atoms with Crippen LogP contribution in [0.2, 0.25) is 0 Å². The molecular weight excluding hydrogens is 546 g/mol. The molecule has 0 aliphatic rings. The quantitative estimate of drug-likeness (QED) is 0.221. The van der Waals surface area contributed by atoms with E-state index < -0.39 is 0 Å². The Kier molecular flexibility index (Phi) is 7.78. The smallest absolute Gasteiger partial charge is 0.243 e. The number of pyridine rings is 1. The van der Waals surface area contributed by atoms with E-state index in [1.807, 2.05) is 91.7 Å². The van der Waals surface area contributed by atoms with Crippen LogP contribution in [0.4, 0.5) is 11.5 Å². The van der Waals surface area contributed by atoms with Crippen molar-refractivity contribution in [2.75, 3.05) is 32.5 Å². The number of aromatic nitrogens is 8. The van der Waals surface area contributed by atoms with Gasteiger partial charge < -0.3 is 20.3 Å². The van der Waals surface area contributed by atoms with Crippen LogP contribution in [0.1, 0.15) is 5.56 Å². The maximum Gasteiger partial charge on any atom is 0.243 e. The van der Waals surface area contributed by atoms with Gasteiger partial charge in [0, 0.05) is 60.6 Å². The zero-order valence-corrected chi connectivity index (χ0v) is 24.0. The van der Waals surface area contributed by atoms with Crippen molar-refractivity contribution in [1.82, 2.24) is 49.2 Å². The van der Waals surface area contributed by atoms with Crippen molar-refractivity contribution in [1.29, 1.82) is 0 Å². The second-order valence-corrected chi connectivity index (χ2v) is 10.2. The number of amides is 1. The lowest BCUT2D eigenvalue weighted by Crippen LogP contribution is -2.25. The van der Waals surface area contributed by atoms with Crippen LogP contribution in [0, 0.1) is 6.92 Å². The van der Waals surface area contributed by atoms with E-state index in [1.54, 1.807) is 21.3 Å². The Morgan fingerprint density at radius 3 is 2.72 bits per heavy atom.